The SMILES string of the molecule is CCNC(=NCCC(=O)NCc1ccccc1)NCCc1ccc2c(c1)OCO2. The standard InChI is InChI=1S/C22H28N4O3/c1-2-23-22(24-12-10-17-8-9-19-20(14-17)29-16-28-19)25-13-11-21(27)26-15-18-6-4-3-5-7-18/h3-9,14H,2,10-13,15-16H2,1H3,(H,26,27)(H2,23,24,25). The van der Waals surface area contributed by atoms with Gasteiger partial charge in [-0.3, -0.25) is 9.79 Å². The van der Waals surface area contributed by atoms with E-state index in [2.05, 4.69) is 20.9 Å². The van der Waals surface area contributed by atoms with Crippen LogP contribution in [-0.4, -0.2) is 38.3 Å². The van der Waals surface area contributed by atoms with Gasteiger partial charge in [0.15, 0.2) is 17.5 Å². The monoisotopic (exact) mass is 396 g/mol. The summed E-state index contributed by atoms with van der Waals surface area (Å²) in [4.78, 5) is 16.5. The smallest absolute Gasteiger partial charge is 0.231 e. The second kappa shape index (κ2) is 10.9. The number of hydrogen-bond acceptors (Lipinski definition) is 4. The molecule has 154 valence electrons. The topological polar surface area (TPSA) is 84.0 Å². The van der Waals surface area contributed by atoms with Gasteiger partial charge in [0, 0.05) is 26.1 Å². The fraction of sp³-hybridized carbons (Fsp3) is 0.364. The summed E-state index contributed by atoms with van der Waals surface area (Å²) in [5, 5.41) is 9.43. The Labute approximate surface area is 171 Å². The molecule has 1 aliphatic rings. The number of aliphatic imine (C=N–C) groups is 1. The normalized spacial score (nSPS) is 12.5. The van der Waals surface area contributed by atoms with E-state index in [0.717, 1.165) is 42.1 Å². The zero-order chi connectivity index (χ0) is 20.3. The van der Waals surface area contributed by atoms with Crippen molar-refractivity contribution in [3.05, 3.63) is 59.7 Å². The van der Waals surface area contributed by atoms with Crippen LogP contribution in [0.25, 0.3) is 0 Å². The number of rotatable bonds is 9. The number of carbonyl (C=O) groups is 1. The van der Waals surface area contributed by atoms with Crippen molar-refractivity contribution in [1.82, 2.24) is 16.0 Å². The molecule has 2 aromatic carbocycles. The fourth-order valence-corrected chi connectivity index (χ4v) is 2.92. The molecule has 2 aromatic rings. The predicted molar refractivity (Wildman–Crippen MR) is 113 cm³/mol. The number of hydrogen-bond donors (Lipinski definition) is 3. The molecular weight excluding hydrogens is 368 g/mol. The number of carbonyl (C=O) groups excluding carboxylic acids is 1. The highest BCUT2D eigenvalue weighted by atomic mass is 16.7. The van der Waals surface area contributed by atoms with Crippen LogP contribution in [-0.2, 0) is 17.8 Å². The molecule has 1 heterocycles. The van der Waals surface area contributed by atoms with Crippen LogP contribution in [0.2, 0.25) is 0 Å². The zero-order valence-corrected chi connectivity index (χ0v) is 16.7. The first kappa shape index (κ1) is 20.5. The molecule has 0 aliphatic carbocycles. The first-order chi connectivity index (χ1) is 14.2. The number of guanidine groups is 1. The number of benzene rings is 2. The zero-order valence-electron chi connectivity index (χ0n) is 16.7. The van der Waals surface area contributed by atoms with Crippen LogP contribution < -0.4 is 25.4 Å². The maximum atomic E-state index is 12.0. The first-order valence-corrected chi connectivity index (χ1v) is 9.96. The van der Waals surface area contributed by atoms with Gasteiger partial charge in [0.2, 0.25) is 12.7 Å². The van der Waals surface area contributed by atoms with Crippen molar-refractivity contribution in [2.45, 2.75) is 26.3 Å². The van der Waals surface area contributed by atoms with Crippen molar-refractivity contribution < 1.29 is 14.3 Å². The third kappa shape index (κ3) is 6.71. The van der Waals surface area contributed by atoms with Crippen molar-refractivity contribution >= 4 is 11.9 Å². The third-order valence-corrected chi connectivity index (χ3v) is 4.43. The summed E-state index contributed by atoms with van der Waals surface area (Å²) in [5.74, 6) is 2.30. The Morgan fingerprint density at radius 3 is 2.66 bits per heavy atom. The molecule has 0 unspecified atom stereocenters. The van der Waals surface area contributed by atoms with Crippen molar-refractivity contribution in [2.75, 3.05) is 26.4 Å². The largest absolute Gasteiger partial charge is 0.454 e. The Hall–Kier alpha value is -3.22. The molecule has 3 rings (SSSR count). The Balaban J connectivity index is 1.39. The molecule has 3 N–H and O–H groups in total. The highest BCUT2D eigenvalue weighted by Gasteiger charge is 2.13. The predicted octanol–water partition coefficient (Wildman–Crippen LogP) is 2.22. The van der Waals surface area contributed by atoms with Gasteiger partial charge in [0.05, 0.1) is 6.54 Å². The van der Waals surface area contributed by atoms with Crippen molar-refractivity contribution in [1.29, 1.82) is 0 Å². The second-order valence-electron chi connectivity index (χ2n) is 6.64. The molecule has 1 amide bonds. The molecule has 7 nitrogen and oxygen atoms in total. The lowest BCUT2D eigenvalue weighted by Gasteiger charge is -2.11. The summed E-state index contributed by atoms with van der Waals surface area (Å²) >= 11 is 0. The van der Waals surface area contributed by atoms with Gasteiger partial charge >= 0.3 is 0 Å². The molecule has 7 heteroatoms. The molecule has 0 aromatic heterocycles. The minimum Gasteiger partial charge on any atom is -0.454 e. The third-order valence-electron chi connectivity index (χ3n) is 4.43. The maximum Gasteiger partial charge on any atom is 0.231 e. The molecule has 1 aliphatic heterocycles. The average molecular weight is 396 g/mol. The van der Waals surface area contributed by atoms with Crippen LogP contribution in [0.5, 0.6) is 11.5 Å². The quantitative estimate of drug-likeness (QED) is 0.447. The first-order valence-electron chi connectivity index (χ1n) is 9.96. The Kier molecular flexibility index (Phi) is 7.74. The number of amides is 1. The van der Waals surface area contributed by atoms with Crippen LogP contribution in [0.4, 0.5) is 0 Å². The molecule has 0 spiro atoms. The molecule has 0 saturated heterocycles. The molecule has 0 bridgehead atoms. The lowest BCUT2D eigenvalue weighted by Crippen LogP contribution is -2.38. The Morgan fingerprint density at radius 2 is 1.83 bits per heavy atom. The average Bonchev–Trinajstić information content (AvgIpc) is 3.21. The van der Waals surface area contributed by atoms with E-state index in [1.807, 2.05) is 55.5 Å². The lowest BCUT2D eigenvalue weighted by atomic mass is 10.1. The number of ether oxygens (including phenoxy) is 2. The summed E-state index contributed by atoms with van der Waals surface area (Å²) in [6.45, 7) is 4.76. The van der Waals surface area contributed by atoms with E-state index < -0.39 is 0 Å². The molecular formula is C22H28N4O3. The molecule has 0 radical (unpaired) electrons. The van der Waals surface area contributed by atoms with Gasteiger partial charge in [0.1, 0.15) is 0 Å². The van der Waals surface area contributed by atoms with Crippen LogP contribution in [0.1, 0.15) is 24.5 Å². The van der Waals surface area contributed by atoms with Gasteiger partial charge in [-0.1, -0.05) is 36.4 Å². The van der Waals surface area contributed by atoms with E-state index in [1.54, 1.807) is 0 Å². The van der Waals surface area contributed by atoms with Crippen LogP contribution >= 0.6 is 0 Å². The summed E-state index contributed by atoms with van der Waals surface area (Å²) in [5.41, 5.74) is 2.25. The summed E-state index contributed by atoms with van der Waals surface area (Å²) in [7, 11) is 0. The van der Waals surface area contributed by atoms with E-state index in [1.165, 1.54) is 0 Å². The fourth-order valence-electron chi connectivity index (χ4n) is 2.92. The van der Waals surface area contributed by atoms with Gasteiger partial charge in [-0.25, -0.2) is 0 Å². The maximum absolute atomic E-state index is 12.0. The van der Waals surface area contributed by atoms with E-state index in [9.17, 15) is 4.79 Å². The molecule has 29 heavy (non-hydrogen) atoms. The Morgan fingerprint density at radius 1 is 1.00 bits per heavy atom. The van der Waals surface area contributed by atoms with Crippen molar-refractivity contribution in [3.63, 3.8) is 0 Å². The minimum atomic E-state index is -0.00573. The Bertz CT molecular complexity index is 824. The van der Waals surface area contributed by atoms with Crippen LogP contribution in [0.3, 0.4) is 0 Å². The van der Waals surface area contributed by atoms with E-state index in [0.29, 0.717) is 25.5 Å². The van der Waals surface area contributed by atoms with Crippen LogP contribution in [0, 0.1) is 0 Å². The van der Waals surface area contributed by atoms with E-state index in [4.69, 9.17) is 9.47 Å². The van der Waals surface area contributed by atoms with Gasteiger partial charge < -0.3 is 25.4 Å². The van der Waals surface area contributed by atoms with Crippen molar-refractivity contribution in [2.24, 2.45) is 4.99 Å². The van der Waals surface area contributed by atoms with E-state index >= 15 is 0 Å². The number of nitrogens with zero attached hydrogens (tertiary/aromatic N) is 1. The van der Waals surface area contributed by atoms with Gasteiger partial charge in [-0.2, -0.15) is 0 Å². The highest BCUT2D eigenvalue weighted by molar-refractivity contribution is 5.80. The number of fused-ring (bicyclic) bond motifs is 1. The summed E-state index contributed by atoms with van der Waals surface area (Å²) in [6, 6.07) is 15.8. The van der Waals surface area contributed by atoms with Gasteiger partial charge in [-0.05, 0) is 36.6 Å². The van der Waals surface area contributed by atoms with Gasteiger partial charge in [0.25, 0.3) is 0 Å². The minimum absolute atomic E-state index is 0.00573. The summed E-state index contributed by atoms with van der Waals surface area (Å²) < 4.78 is 10.7. The van der Waals surface area contributed by atoms with E-state index in [-0.39, 0.29) is 12.7 Å². The lowest BCUT2D eigenvalue weighted by molar-refractivity contribution is -0.121. The molecule has 0 atom stereocenters. The van der Waals surface area contributed by atoms with Crippen LogP contribution in [0.15, 0.2) is 53.5 Å². The summed E-state index contributed by atoms with van der Waals surface area (Å²) in [6.07, 6.45) is 1.18. The molecule has 0 saturated carbocycles. The highest BCUT2D eigenvalue weighted by Crippen LogP contribution is 2.32. The van der Waals surface area contributed by atoms with Gasteiger partial charge in [-0.15, -0.1) is 0 Å². The number of nitrogens with one attached hydrogen (secondary N) is 3. The molecule has 0 fully saturated rings. The van der Waals surface area contributed by atoms with Crippen molar-refractivity contribution in [3.8, 4) is 11.5 Å². The second-order valence-corrected chi connectivity index (χ2v) is 6.64.